The molecule has 0 saturated carbocycles. The lowest BCUT2D eigenvalue weighted by Crippen LogP contribution is -2.48. The maximum absolute atomic E-state index is 12.2. The first-order chi connectivity index (χ1) is 11.4. The van der Waals surface area contributed by atoms with Crippen LogP contribution in [0.1, 0.15) is 31.4 Å². The highest BCUT2D eigenvalue weighted by Gasteiger charge is 2.26. The molecule has 1 N–H and O–H groups in total. The van der Waals surface area contributed by atoms with E-state index in [0.29, 0.717) is 18.0 Å². The van der Waals surface area contributed by atoms with Crippen LogP contribution in [-0.4, -0.2) is 63.7 Å². The Morgan fingerprint density at radius 1 is 1.21 bits per heavy atom. The molecule has 136 valence electrons. The molecule has 0 aromatic heterocycles. The molecule has 0 aliphatic carbocycles. The molecule has 1 aromatic carbocycles. The fourth-order valence-electron chi connectivity index (χ4n) is 2.93. The summed E-state index contributed by atoms with van der Waals surface area (Å²) in [5, 5.41) is 0.689. The summed E-state index contributed by atoms with van der Waals surface area (Å²) in [7, 11) is -1.13. The summed E-state index contributed by atoms with van der Waals surface area (Å²) >= 11 is 6.39. The molecule has 5 nitrogen and oxygen atoms in total. The number of hydrogen-bond donors (Lipinski definition) is 1. The second-order valence-electron chi connectivity index (χ2n) is 6.40. The second-order valence-corrected chi connectivity index (χ2v) is 8.73. The largest absolute Gasteiger partial charge is 0.304 e. The van der Waals surface area contributed by atoms with Gasteiger partial charge in [-0.05, 0) is 25.1 Å². The van der Waals surface area contributed by atoms with Gasteiger partial charge in [-0.15, -0.1) is 0 Å². The molecule has 1 atom stereocenters. The van der Waals surface area contributed by atoms with Crippen molar-refractivity contribution in [3.63, 3.8) is 0 Å². The number of sulfonamides is 1. The molecule has 2 rings (SSSR count). The van der Waals surface area contributed by atoms with Gasteiger partial charge in [0.1, 0.15) is 0 Å². The maximum atomic E-state index is 12.2. The number of benzene rings is 1. The number of nitrogens with zero attached hydrogens (tertiary/aromatic N) is 2. The van der Waals surface area contributed by atoms with Gasteiger partial charge in [0, 0.05) is 43.8 Å². The van der Waals surface area contributed by atoms with Crippen molar-refractivity contribution in [3.8, 4) is 0 Å². The van der Waals surface area contributed by atoms with E-state index in [-0.39, 0.29) is 11.8 Å². The fraction of sp³-hybridized carbons (Fsp3) is 0.647. The third-order valence-electron chi connectivity index (χ3n) is 4.51. The highest BCUT2D eigenvalue weighted by Crippen LogP contribution is 2.28. The van der Waals surface area contributed by atoms with E-state index in [0.717, 1.165) is 38.2 Å². The predicted molar refractivity (Wildman–Crippen MR) is 100.0 cm³/mol. The Hall–Kier alpha value is -0.660. The second kappa shape index (κ2) is 9.15. The molecule has 7 heteroatoms. The van der Waals surface area contributed by atoms with E-state index < -0.39 is 10.0 Å². The number of unbranched alkanes of at least 4 members (excludes halogenated alkanes) is 1. The van der Waals surface area contributed by atoms with Crippen LogP contribution in [0.5, 0.6) is 0 Å². The van der Waals surface area contributed by atoms with Crippen molar-refractivity contribution in [2.45, 2.75) is 25.8 Å². The van der Waals surface area contributed by atoms with Crippen LogP contribution in [0.2, 0.25) is 5.02 Å². The van der Waals surface area contributed by atoms with Gasteiger partial charge in [0.2, 0.25) is 10.0 Å². The van der Waals surface area contributed by atoms with E-state index in [1.807, 2.05) is 31.2 Å². The zero-order valence-corrected chi connectivity index (χ0v) is 16.1. The molecule has 1 heterocycles. The molecule has 1 aliphatic heterocycles. The van der Waals surface area contributed by atoms with E-state index in [1.54, 1.807) is 0 Å². The molecule has 0 spiro atoms. The molecule has 0 bridgehead atoms. The zero-order chi connectivity index (χ0) is 17.6. The minimum absolute atomic E-state index is 0.0381. The Balaban J connectivity index is 2.13. The zero-order valence-electron chi connectivity index (χ0n) is 14.5. The van der Waals surface area contributed by atoms with Crippen LogP contribution in [-0.2, 0) is 10.0 Å². The fourth-order valence-corrected chi connectivity index (χ4v) is 4.41. The Morgan fingerprint density at radius 3 is 2.50 bits per heavy atom. The van der Waals surface area contributed by atoms with Crippen molar-refractivity contribution < 1.29 is 8.42 Å². The summed E-state index contributed by atoms with van der Waals surface area (Å²) in [6, 6.07) is 7.68. The van der Waals surface area contributed by atoms with Crippen LogP contribution in [0.4, 0.5) is 0 Å². The quantitative estimate of drug-likeness (QED) is 0.760. The van der Waals surface area contributed by atoms with Gasteiger partial charge in [-0.3, -0.25) is 4.90 Å². The highest BCUT2D eigenvalue weighted by atomic mass is 35.5. The average molecular weight is 374 g/mol. The average Bonchev–Trinajstić information content (AvgIpc) is 2.56. The van der Waals surface area contributed by atoms with Gasteiger partial charge in [0.25, 0.3) is 0 Å². The van der Waals surface area contributed by atoms with Crippen molar-refractivity contribution in [2.75, 3.05) is 45.5 Å². The SMILES string of the molecule is CCCCS(=O)(=O)NCC(c1ccccc1Cl)N1CCN(C)CC1. The van der Waals surface area contributed by atoms with Crippen molar-refractivity contribution in [1.29, 1.82) is 0 Å². The molecule has 1 saturated heterocycles. The van der Waals surface area contributed by atoms with Crippen LogP contribution in [0.25, 0.3) is 0 Å². The third kappa shape index (κ3) is 5.70. The Labute approximate surface area is 151 Å². The number of hydrogen-bond acceptors (Lipinski definition) is 4. The molecule has 24 heavy (non-hydrogen) atoms. The molecular weight excluding hydrogens is 346 g/mol. The predicted octanol–water partition coefficient (Wildman–Crippen LogP) is 2.35. The van der Waals surface area contributed by atoms with Crippen molar-refractivity contribution >= 4 is 21.6 Å². The number of likely N-dealkylation sites (N-methyl/N-ethyl adjacent to an activating group) is 1. The standard InChI is InChI=1S/C17H28ClN3O2S/c1-3-4-13-24(22,23)19-14-17(15-7-5-6-8-16(15)18)21-11-9-20(2)10-12-21/h5-8,17,19H,3-4,9-14H2,1-2H3. The van der Waals surface area contributed by atoms with Gasteiger partial charge in [-0.2, -0.15) is 0 Å². The van der Waals surface area contributed by atoms with Gasteiger partial charge in [0.15, 0.2) is 0 Å². The van der Waals surface area contributed by atoms with Crippen molar-refractivity contribution in [1.82, 2.24) is 14.5 Å². The van der Waals surface area contributed by atoms with Crippen LogP contribution in [0.15, 0.2) is 24.3 Å². The van der Waals surface area contributed by atoms with Crippen LogP contribution < -0.4 is 4.72 Å². The minimum atomic E-state index is -3.24. The van der Waals surface area contributed by atoms with Gasteiger partial charge in [-0.1, -0.05) is 43.1 Å². The molecular formula is C17H28ClN3O2S. The Morgan fingerprint density at radius 2 is 1.88 bits per heavy atom. The Bertz CT molecular complexity index is 616. The van der Waals surface area contributed by atoms with Gasteiger partial charge in [0.05, 0.1) is 5.75 Å². The maximum Gasteiger partial charge on any atom is 0.211 e. The van der Waals surface area contributed by atoms with E-state index in [4.69, 9.17) is 11.6 Å². The number of rotatable bonds is 8. The molecule has 1 aromatic rings. The molecule has 0 radical (unpaired) electrons. The van der Waals surface area contributed by atoms with E-state index >= 15 is 0 Å². The number of nitrogens with one attached hydrogen (secondary N) is 1. The smallest absolute Gasteiger partial charge is 0.211 e. The Kier molecular flexibility index (Phi) is 7.50. The van der Waals surface area contributed by atoms with Crippen molar-refractivity contribution in [3.05, 3.63) is 34.9 Å². The first kappa shape index (κ1) is 19.7. The first-order valence-electron chi connectivity index (χ1n) is 8.57. The summed E-state index contributed by atoms with van der Waals surface area (Å²) in [6.07, 6.45) is 1.55. The topological polar surface area (TPSA) is 52.7 Å². The molecule has 0 amide bonds. The molecule has 1 unspecified atom stereocenters. The summed E-state index contributed by atoms with van der Waals surface area (Å²) < 4.78 is 27.1. The monoisotopic (exact) mass is 373 g/mol. The van der Waals surface area contributed by atoms with Crippen molar-refractivity contribution in [2.24, 2.45) is 0 Å². The number of halogens is 1. The van der Waals surface area contributed by atoms with Crippen LogP contribution >= 0.6 is 11.6 Å². The summed E-state index contributed by atoms with van der Waals surface area (Å²) in [4.78, 5) is 4.61. The minimum Gasteiger partial charge on any atom is -0.304 e. The van der Waals surface area contributed by atoms with Crippen LogP contribution in [0, 0.1) is 0 Å². The van der Waals surface area contributed by atoms with Gasteiger partial charge < -0.3 is 4.90 Å². The summed E-state index contributed by atoms with van der Waals surface area (Å²) in [5.74, 6) is 0.182. The van der Waals surface area contributed by atoms with E-state index in [2.05, 4.69) is 21.6 Å². The lowest BCUT2D eigenvalue weighted by molar-refractivity contribution is 0.113. The molecule has 1 fully saturated rings. The summed E-state index contributed by atoms with van der Waals surface area (Å²) in [5.41, 5.74) is 0.988. The third-order valence-corrected chi connectivity index (χ3v) is 6.28. The van der Waals surface area contributed by atoms with Gasteiger partial charge >= 0.3 is 0 Å². The van der Waals surface area contributed by atoms with Gasteiger partial charge in [-0.25, -0.2) is 13.1 Å². The van der Waals surface area contributed by atoms with E-state index in [1.165, 1.54) is 0 Å². The normalized spacial score (nSPS) is 18.6. The highest BCUT2D eigenvalue weighted by molar-refractivity contribution is 7.89. The van der Waals surface area contributed by atoms with E-state index in [9.17, 15) is 8.42 Å². The summed E-state index contributed by atoms with van der Waals surface area (Å²) in [6.45, 7) is 6.12. The molecule has 1 aliphatic rings. The van der Waals surface area contributed by atoms with Crippen LogP contribution in [0.3, 0.4) is 0 Å². The lowest BCUT2D eigenvalue weighted by Gasteiger charge is -2.38. The lowest BCUT2D eigenvalue weighted by atomic mass is 10.0. The first-order valence-corrected chi connectivity index (χ1v) is 10.6. The number of piperazine rings is 1.